The Bertz CT molecular complexity index is 134. The standard InChI is InChI=1S/C9H18O3/c1-7(4-5-12-3)8(2)6-9(10)11/h7-8H,4-6H2,1-3H3,(H,10,11). The number of carbonyl (C=O) groups is 1. The first-order valence-electron chi connectivity index (χ1n) is 4.28. The number of rotatable bonds is 6. The molecule has 72 valence electrons. The topological polar surface area (TPSA) is 46.5 Å². The lowest BCUT2D eigenvalue weighted by Gasteiger charge is -2.17. The first-order valence-corrected chi connectivity index (χ1v) is 4.28. The van der Waals surface area contributed by atoms with Gasteiger partial charge in [0.1, 0.15) is 0 Å². The average Bonchev–Trinajstić information content (AvgIpc) is 1.98. The Balaban J connectivity index is 3.60. The first kappa shape index (κ1) is 11.4. The van der Waals surface area contributed by atoms with Crippen molar-refractivity contribution in [3.8, 4) is 0 Å². The third-order valence-corrected chi connectivity index (χ3v) is 2.25. The number of hydrogen-bond acceptors (Lipinski definition) is 2. The first-order chi connectivity index (χ1) is 5.57. The van der Waals surface area contributed by atoms with Gasteiger partial charge in [-0.15, -0.1) is 0 Å². The largest absolute Gasteiger partial charge is 0.481 e. The van der Waals surface area contributed by atoms with Crippen molar-refractivity contribution in [2.75, 3.05) is 13.7 Å². The van der Waals surface area contributed by atoms with Crippen LogP contribution in [-0.4, -0.2) is 24.8 Å². The molecule has 3 nitrogen and oxygen atoms in total. The molecule has 0 saturated carbocycles. The number of ether oxygens (including phenoxy) is 1. The summed E-state index contributed by atoms with van der Waals surface area (Å²) in [4.78, 5) is 10.4. The van der Waals surface area contributed by atoms with E-state index in [0.29, 0.717) is 12.5 Å². The number of carboxylic acid groups (broad SMARTS) is 1. The Labute approximate surface area is 73.7 Å². The molecule has 0 amide bonds. The van der Waals surface area contributed by atoms with Crippen LogP contribution in [0.1, 0.15) is 26.7 Å². The lowest BCUT2D eigenvalue weighted by Crippen LogP contribution is -2.14. The fourth-order valence-corrected chi connectivity index (χ4v) is 1.06. The normalized spacial score (nSPS) is 15.6. The van der Waals surface area contributed by atoms with Crippen LogP contribution in [0.2, 0.25) is 0 Å². The molecule has 0 rings (SSSR count). The number of carboxylic acids is 1. The molecule has 2 atom stereocenters. The van der Waals surface area contributed by atoms with Crippen LogP contribution in [0.4, 0.5) is 0 Å². The molecule has 12 heavy (non-hydrogen) atoms. The van der Waals surface area contributed by atoms with Crippen LogP contribution in [0.25, 0.3) is 0 Å². The van der Waals surface area contributed by atoms with Crippen molar-refractivity contribution in [2.24, 2.45) is 11.8 Å². The summed E-state index contributed by atoms with van der Waals surface area (Å²) in [7, 11) is 1.66. The smallest absolute Gasteiger partial charge is 0.303 e. The minimum atomic E-state index is -0.716. The number of hydrogen-bond donors (Lipinski definition) is 1. The Hall–Kier alpha value is -0.570. The summed E-state index contributed by atoms with van der Waals surface area (Å²) in [5.41, 5.74) is 0. The van der Waals surface area contributed by atoms with E-state index in [1.54, 1.807) is 7.11 Å². The molecule has 0 aliphatic carbocycles. The summed E-state index contributed by atoms with van der Waals surface area (Å²) in [6.07, 6.45) is 1.19. The minimum absolute atomic E-state index is 0.234. The Morgan fingerprint density at radius 3 is 2.42 bits per heavy atom. The van der Waals surface area contributed by atoms with Gasteiger partial charge in [-0.2, -0.15) is 0 Å². The highest BCUT2D eigenvalue weighted by atomic mass is 16.5. The maximum absolute atomic E-state index is 10.4. The third-order valence-electron chi connectivity index (χ3n) is 2.25. The van der Waals surface area contributed by atoms with Crippen molar-refractivity contribution < 1.29 is 14.6 Å². The van der Waals surface area contributed by atoms with Crippen molar-refractivity contribution in [2.45, 2.75) is 26.7 Å². The average molecular weight is 174 g/mol. The van der Waals surface area contributed by atoms with Crippen LogP contribution in [0, 0.1) is 11.8 Å². The molecular weight excluding hydrogens is 156 g/mol. The van der Waals surface area contributed by atoms with Crippen molar-refractivity contribution in [3.63, 3.8) is 0 Å². The predicted molar refractivity (Wildman–Crippen MR) is 47.1 cm³/mol. The lowest BCUT2D eigenvalue weighted by atomic mass is 9.90. The minimum Gasteiger partial charge on any atom is -0.481 e. The summed E-state index contributed by atoms with van der Waals surface area (Å²) in [6.45, 7) is 4.74. The molecule has 0 saturated heterocycles. The molecule has 0 spiro atoms. The zero-order chi connectivity index (χ0) is 9.56. The van der Waals surface area contributed by atoms with Gasteiger partial charge < -0.3 is 9.84 Å². The second kappa shape index (κ2) is 6.00. The zero-order valence-electron chi connectivity index (χ0n) is 8.04. The van der Waals surface area contributed by atoms with E-state index in [1.807, 2.05) is 6.92 Å². The molecule has 3 heteroatoms. The van der Waals surface area contributed by atoms with Crippen molar-refractivity contribution >= 4 is 5.97 Å². The van der Waals surface area contributed by atoms with Gasteiger partial charge >= 0.3 is 5.97 Å². The van der Waals surface area contributed by atoms with Crippen LogP contribution < -0.4 is 0 Å². The predicted octanol–water partition coefficient (Wildman–Crippen LogP) is 1.77. The molecule has 0 aliphatic rings. The molecule has 0 aromatic carbocycles. The van der Waals surface area contributed by atoms with E-state index in [2.05, 4.69) is 6.92 Å². The van der Waals surface area contributed by atoms with Gasteiger partial charge in [0.2, 0.25) is 0 Å². The molecule has 0 aromatic heterocycles. The maximum Gasteiger partial charge on any atom is 0.303 e. The Morgan fingerprint density at radius 2 is 2.00 bits per heavy atom. The van der Waals surface area contributed by atoms with Crippen LogP contribution in [0.5, 0.6) is 0 Å². The molecule has 2 unspecified atom stereocenters. The Kier molecular flexibility index (Phi) is 5.72. The molecule has 0 bridgehead atoms. The van der Waals surface area contributed by atoms with Crippen LogP contribution in [0.3, 0.4) is 0 Å². The van der Waals surface area contributed by atoms with E-state index in [0.717, 1.165) is 6.42 Å². The van der Waals surface area contributed by atoms with Gasteiger partial charge in [-0.25, -0.2) is 0 Å². The zero-order valence-corrected chi connectivity index (χ0v) is 8.04. The van der Waals surface area contributed by atoms with Gasteiger partial charge in [-0.1, -0.05) is 13.8 Å². The summed E-state index contributed by atoms with van der Waals surface area (Å²) in [5, 5.41) is 8.53. The summed E-state index contributed by atoms with van der Waals surface area (Å²) >= 11 is 0. The van der Waals surface area contributed by atoms with Gasteiger partial charge in [-0.3, -0.25) is 4.79 Å². The molecule has 0 aliphatic heterocycles. The quantitative estimate of drug-likeness (QED) is 0.667. The van der Waals surface area contributed by atoms with E-state index in [1.165, 1.54) is 0 Å². The third kappa shape index (κ3) is 5.13. The highest BCUT2D eigenvalue weighted by Crippen LogP contribution is 2.18. The lowest BCUT2D eigenvalue weighted by molar-refractivity contribution is -0.138. The van der Waals surface area contributed by atoms with E-state index >= 15 is 0 Å². The summed E-state index contributed by atoms with van der Waals surface area (Å²) < 4.78 is 4.92. The molecule has 0 heterocycles. The second-order valence-electron chi connectivity index (χ2n) is 3.33. The van der Waals surface area contributed by atoms with Gasteiger partial charge in [0.15, 0.2) is 0 Å². The van der Waals surface area contributed by atoms with Gasteiger partial charge in [-0.05, 0) is 18.3 Å². The van der Waals surface area contributed by atoms with Crippen molar-refractivity contribution in [1.82, 2.24) is 0 Å². The van der Waals surface area contributed by atoms with Gasteiger partial charge in [0, 0.05) is 20.1 Å². The SMILES string of the molecule is COCCC(C)C(C)CC(=O)O. The molecule has 0 aromatic rings. The molecule has 0 radical (unpaired) electrons. The summed E-state index contributed by atoms with van der Waals surface area (Å²) in [6, 6.07) is 0. The van der Waals surface area contributed by atoms with Crippen LogP contribution >= 0.6 is 0 Å². The van der Waals surface area contributed by atoms with Crippen LogP contribution in [0.15, 0.2) is 0 Å². The number of aliphatic carboxylic acids is 1. The number of methoxy groups -OCH3 is 1. The van der Waals surface area contributed by atoms with Crippen LogP contribution in [-0.2, 0) is 9.53 Å². The molecule has 0 fully saturated rings. The van der Waals surface area contributed by atoms with E-state index in [-0.39, 0.29) is 12.3 Å². The maximum atomic E-state index is 10.4. The monoisotopic (exact) mass is 174 g/mol. The van der Waals surface area contributed by atoms with Crippen molar-refractivity contribution in [1.29, 1.82) is 0 Å². The van der Waals surface area contributed by atoms with Crippen molar-refractivity contribution in [3.05, 3.63) is 0 Å². The fourth-order valence-electron chi connectivity index (χ4n) is 1.06. The second-order valence-corrected chi connectivity index (χ2v) is 3.33. The Morgan fingerprint density at radius 1 is 1.42 bits per heavy atom. The molecule has 1 N–H and O–H groups in total. The molecular formula is C9H18O3. The highest BCUT2D eigenvalue weighted by Gasteiger charge is 2.14. The summed E-state index contributed by atoms with van der Waals surface area (Å²) in [5.74, 6) is -0.0644. The van der Waals surface area contributed by atoms with Gasteiger partial charge in [0.05, 0.1) is 0 Å². The van der Waals surface area contributed by atoms with E-state index in [4.69, 9.17) is 9.84 Å². The fraction of sp³-hybridized carbons (Fsp3) is 0.889. The van der Waals surface area contributed by atoms with E-state index in [9.17, 15) is 4.79 Å². The van der Waals surface area contributed by atoms with Gasteiger partial charge in [0.25, 0.3) is 0 Å². The highest BCUT2D eigenvalue weighted by molar-refractivity contribution is 5.66. The van der Waals surface area contributed by atoms with E-state index < -0.39 is 5.97 Å².